The van der Waals surface area contributed by atoms with Gasteiger partial charge in [0.15, 0.2) is 0 Å². The van der Waals surface area contributed by atoms with E-state index < -0.39 is 0 Å². The van der Waals surface area contributed by atoms with Gasteiger partial charge < -0.3 is 10.1 Å². The lowest BCUT2D eigenvalue weighted by molar-refractivity contribution is 0.0600. The van der Waals surface area contributed by atoms with E-state index >= 15 is 0 Å². The number of carbonyl (C=O) groups is 1. The Morgan fingerprint density at radius 2 is 2.41 bits per heavy atom. The van der Waals surface area contributed by atoms with Gasteiger partial charge in [0.25, 0.3) is 0 Å². The van der Waals surface area contributed by atoms with Crippen LogP contribution >= 0.6 is 0 Å². The second kappa shape index (κ2) is 4.04. The van der Waals surface area contributed by atoms with Gasteiger partial charge in [-0.15, -0.1) is 0 Å². The molecule has 1 N–H and O–H groups in total. The van der Waals surface area contributed by atoms with Crippen molar-refractivity contribution in [3.8, 4) is 0 Å². The van der Waals surface area contributed by atoms with Gasteiger partial charge in [0.2, 0.25) is 0 Å². The Hall–Kier alpha value is -1.55. The number of ether oxygens (including phenoxy) is 1. The molecule has 0 bridgehead atoms. The van der Waals surface area contributed by atoms with Crippen LogP contribution in [0.15, 0.2) is 18.2 Å². The van der Waals surface area contributed by atoms with Crippen molar-refractivity contribution in [2.75, 3.05) is 19.0 Å². The molecule has 1 fully saturated rings. The van der Waals surface area contributed by atoms with E-state index in [0.29, 0.717) is 11.7 Å². The standard InChI is InChI=1S/C13H16N2O2/c1-17-13(16)9-4-5-10-8-15-6-2-3-12(15)14-11(10)7-9/h4-5,7,12,14H,2-3,6,8H2,1H3. The Bertz CT molecular complexity index is 459. The lowest BCUT2D eigenvalue weighted by Crippen LogP contribution is -2.39. The predicted octanol–water partition coefficient (Wildman–Crippen LogP) is 1.82. The largest absolute Gasteiger partial charge is 0.465 e. The topological polar surface area (TPSA) is 41.6 Å². The fraction of sp³-hybridized carbons (Fsp3) is 0.462. The zero-order valence-electron chi connectivity index (χ0n) is 9.90. The van der Waals surface area contributed by atoms with Crippen LogP contribution in [0, 0.1) is 0 Å². The summed E-state index contributed by atoms with van der Waals surface area (Å²) in [5.41, 5.74) is 2.96. The molecule has 1 aromatic carbocycles. The monoisotopic (exact) mass is 232 g/mol. The molecule has 2 heterocycles. The molecule has 0 radical (unpaired) electrons. The molecule has 0 spiro atoms. The van der Waals surface area contributed by atoms with Gasteiger partial charge in [-0.2, -0.15) is 0 Å². The molecule has 90 valence electrons. The van der Waals surface area contributed by atoms with Crippen LogP contribution < -0.4 is 5.32 Å². The van der Waals surface area contributed by atoms with Gasteiger partial charge in [-0.1, -0.05) is 6.07 Å². The first-order valence-corrected chi connectivity index (χ1v) is 6.00. The van der Waals surface area contributed by atoms with Crippen LogP contribution in [-0.4, -0.2) is 30.7 Å². The van der Waals surface area contributed by atoms with Gasteiger partial charge in [-0.05, 0) is 30.5 Å². The summed E-state index contributed by atoms with van der Waals surface area (Å²) in [7, 11) is 1.41. The lowest BCUT2D eigenvalue weighted by Gasteiger charge is -2.33. The van der Waals surface area contributed by atoms with Crippen molar-refractivity contribution in [2.45, 2.75) is 25.6 Å². The van der Waals surface area contributed by atoms with E-state index in [0.717, 1.165) is 18.8 Å². The Balaban J connectivity index is 1.91. The van der Waals surface area contributed by atoms with Crippen molar-refractivity contribution in [3.63, 3.8) is 0 Å². The minimum absolute atomic E-state index is 0.275. The molecule has 3 rings (SSSR count). The van der Waals surface area contributed by atoms with E-state index in [1.807, 2.05) is 18.2 Å². The summed E-state index contributed by atoms with van der Waals surface area (Å²) in [6.07, 6.45) is 2.87. The van der Waals surface area contributed by atoms with Gasteiger partial charge in [0.1, 0.15) is 0 Å². The van der Waals surface area contributed by atoms with E-state index in [4.69, 9.17) is 4.74 Å². The highest BCUT2D eigenvalue weighted by Crippen LogP contribution is 2.31. The molecular weight excluding hydrogens is 216 g/mol. The number of fused-ring (bicyclic) bond motifs is 2. The fourth-order valence-corrected chi connectivity index (χ4v) is 2.67. The number of nitrogens with one attached hydrogen (secondary N) is 1. The first-order chi connectivity index (χ1) is 8.28. The van der Waals surface area contributed by atoms with Crippen molar-refractivity contribution in [1.29, 1.82) is 0 Å². The molecule has 0 amide bonds. The summed E-state index contributed by atoms with van der Waals surface area (Å²) in [5.74, 6) is -0.275. The number of esters is 1. The van der Waals surface area contributed by atoms with E-state index in [1.165, 1.54) is 25.5 Å². The average Bonchev–Trinajstić information content (AvgIpc) is 2.81. The first kappa shape index (κ1) is 10.6. The van der Waals surface area contributed by atoms with Gasteiger partial charge in [-0.3, -0.25) is 4.90 Å². The summed E-state index contributed by atoms with van der Waals surface area (Å²) >= 11 is 0. The molecule has 1 aromatic rings. The minimum atomic E-state index is -0.275. The highest BCUT2D eigenvalue weighted by Gasteiger charge is 2.29. The summed E-state index contributed by atoms with van der Waals surface area (Å²) in [5, 5.41) is 3.50. The van der Waals surface area contributed by atoms with Gasteiger partial charge in [0.05, 0.1) is 18.8 Å². The summed E-state index contributed by atoms with van der Waals surface area (Å²) < 4.78 is 4.74. The van der Waals surface area contributed by atoms with Crippen molar-refractivity contribution in [3.05, 3.63) is 29.3 Å². The molecule has 2 aliphatic rings. The zero-order valence-corrected chi connectivity index (χ0v) is 9.90. The normalized spacial score (nSPS) is 22.5. The highest BCUT2D eigenvalue weighted by molar-refractivity contribution is 5.90. The molecule has 0 aromatic heterocycles. The maximum atomic E-state index is 11.5. The first-order valence-electron chi connectivity index (χ1n) is 6.00. The second-order valence-electron chi connectivity index (χ2n) is 4.64. The number of anilines is 1. The van der Waals surface area contributed by atoms with Crippen molar-refractivity contribution in [1.82, 2.24) is 4.90 Å². The lowest BCUT2D eigenvalue weighted by atomic mass is 10.1. The van der Waals surface area contributed by atoms with Gasteiger partial charge >= 0.3 is 5.97 Å². The predicted molar refractivity (Wildman–Crippen MR) is 64.8 cm³/mol. The third kappa shape index (κ3) is 1.78. The molecule has 17 heavy (non-hydrogen) atoms. The Morgan fingerprint density at radius 1 is 1.53 bits per heavy atom. The number of carbonyl (C=O) groups excluding carboxylic acids is 1. The molecular formula is C13H16N2O2. The number of hydrogen-bond donors (Lipinski definition) is 1. The third-order valence-corrected chi connectivity index (χ3v) is 3.59. The number of nitrogens with zero attached hydrogens (tertiary/aromatic N) is 1. The summed E-state index contributed by atoms with van der Waals surface area (Å²) in [4.78, 5) is 13.9. The summed E-state index contributed by atoms with van der Waals surface area (Å²) in [6.45, 7) is 2.14. The number of hydrogen-bond acceptors (Lipinski definition) is 4. The maximum absolute atomic E-state index is 11.5. The van der Waals surface area contributed by atoms with E-state index in [9.17, 15) is 4.79 Å². The van der Waals surface area contributed by atoms with Crippen LogP contribution in [0.4, 0.5) is 5.69 Å². The van der Waals surface area contributed by atoms with Crippen LogP contribution in [0.25, 0.3) is 0 Å². The van der Waals surface area contributed by atoms with Crippen LogP contribution in [0.2, 0.25) is 0 Å². The van der Waals surface area contributed by atoms with Gasteiger partial charge in [-0.25, -0.2) is 4.79 Å². The molecule has 1 atom stereocenters. The Morgan fingerprint density at radius 3 is 3.24 bits per heavy atom. The average molecular weight is 232 g/mol. The zero-order chi connectivity index (χ0) is 11.8. The van der Waals surface area contributed by atoms with Crippen molar-refractivity contribution >= 4 is 11.7 Å². The smallest absolute Gasteiger partial charge is 0.337 e. The van der Waals surface area contributed by atoms with Crippen LogP contribution in [0.5, 0.6) is 0 Å². The number of methoxy groups -OCH3 is 1. The van der Waals surface area contributed by atoms with E-state index in [-0.39, 0.29) is 5.97 Å². The minimum Gasteiger partial charge on any atom is -0.465 e. The Labute approximate surface area is 101 Å². The van der Waals surface area contributed by atoms with E-state index in [2.05, 4.69) is 10.2 Å². The molecule has 1 saturated heterocycles. The van der Waals surface area contributed by atoms with Crippen molar-refractivity contribution in [2.24, 2.45) is 0 Å². The van der Waals surface area contributed by atoms with E-state index in [1.54, 1.807) is 0 Å². The molecule has 0 aliphatic carbocycles. The molecule has 4 heteroatoms. The van der Waals surface area contributed by atoms with Crippen molar-refractivity contribution < 1.29 is 9.53 Å². The third-order valence-electron chi connectivity index (χ3n) is 3.59. The molecule has 2 aliphatic heterocycles. The second-order valence-corrected chi connectivity index (χ2v) is 4.64. The van der Waals surface area contributed by atoms with Crippen LogP contribution in [0.3, 0.4) is 0 Å². The SMILES string of the molecule is COC(=O)c1ccc2c(c1)NC1CCCN1C2. The molecule has 4 nitrogen and oxygen atoms in total. The fourth-order valence-electron chi connectivity index (χ4n) is 2.67. The highest BCUT2D eigenvalue weighted by atomic mass is 16.5. The molecule has 0 saturated carbocycles. The number of benzene rings is 1. The summed E-state index contributed by atoms with van der Waals surface area (Å²) in [6, 6.07) is 5.75. The van der Waals surface area contributed by atoms with Crippen LogP contribution in [-0.2, 0) is 11.3 Å². The maximum Gasteiger partial charge on any atom is 0.337 e. The number of rotatable bonds is 1. The molecule has 1 unspecified atom stereocenters. The quantitative estimate of drug-likeness (QED) is 0.750. The van der Waals surface area contributed by atoms with Gasteiger partial charge in [0, 0.05) is 18.8 Å². The Kier molecular flexibility index (Phi) is 2.52. The van der Waals surface area contributed by atoms with Crippen LogP contribution in [0.1, 0.15) is 28.8 Å².